The van der Waals surface area contributed by atoms with Crippen LogP contribution in [-0.2, 0) is 16.2 Å². The Kier molecular flexibility index (Phi) is 8.55. The van der Waals surface area contributed by atoms with Crippen molar-refractivity contribution in [3.05, 3.63) is 60.4 Å². The first-order valence-electron chi connectivity index (χ1n) is 8.36. The molecule has 6 nitrogen and oxygen atoms in total. The van der Waals surface area contributed by atoms with Crippen LogP contribution in [-0.4, -0.2) is 23.6 Å². The van der Waals surface area contributed by atoms with Crippen molar-refractivity contribution in [1.82, 2.24) is 5.32 Å². The van der Waals surface area contributed by atoms with Gasteiger partial charge in [-0.1, -0.05) is 12.1 Å². The number of benzene rings is 2. The maximum atomic E-state index is 11.3. The molecule has 0 saturated heterocycles. The molecule has 0 aliphatic heterocycles. The smallest absolute Gasteiger partial charge is 0.352 e. The number of aliphatic carboxylic acids is 1. The zero-order valence-electron chi connectivity index (χ0n) is 15.3. The van der Waals surface area contributed by atoms with Crippen LogP contribution in [0.5, 0.6) is 11.5 Å². The van der Waals surface area contributed by atoms with Gasteiger partial charge in [0.15, 0.2) is 11.5 Å². The first-order chi connectivity index (χ1) is 13.3. The molecular weight excluding hydrogens is 588 g/mol. The predicted molar refractivity (Wildman–Crippen MR) is 123 cm³/mol. The highest BCUT2D eigenvalue weighted by molar-refractivity contribution is 14.1. The van der Waals surface area contributed by atoms with Gasteiger partial charge in [-0.15, -0.1) is 0 Å². The van der Waals surface area contributed by atoms with E-state index in [2.05, 4.69) is 50.5 Å². The third-order valence-electron chi connectivity index (χ3n) is 3.46. The lowest BCUT2D eigenvalue weighted by Gasteiger charge is -2.15. The van der Waals surface area contributed by atoms with E-state index in [-0.39, 0.29) is 5.70 Å². The summed E-state index contributed by atoms with van der Waals surface area (Å²) >= 11 is 4.37. The maximum absolute atomic E-state index is 11.3. The van der Waals surface area contributed by atoms with Crippen LogP contribution in [0.15, 0.2) is 42.1 Å². The first kappa shape index (κ1) is 22.5. The fourth-order valence-corrected chi connectivity index (χ4v) is 3.75. The van der Waals surface area contributed by atoms with Crippen molar-refractivity contribution >= 4 is 63.1 Å². The molecule has 0 saturated carbocycles. The Labute approximate surface area is 190 Å². The molecule has 0 aliphatic carbocycles. The molecule has 2 aromatic carbocycles. The second-order valence-corrected chi connectivity index (χ2v) is 8.13. The van der Waals surface area contributed by atoms with Gasteiger partial charge >= 0.3 is 5.97 Å². The number of carbonyl (C=O) groups is 2. The van der Waals surface area contributed by atoms with Crippen molar-refractivity contribution in [3.63, 3.8) is 0 Å². The first-order valence-corrected chi connectivity index (χ1v) is 10.5. The highest BCUT2D eigenvalue weighted by Crippen LogP contribution is 2.35. The fraction of sp³-hybridized carbons (Fsp3) is 0.200. The van der Waals surface area contributed by atoms with E-state index in [4.69, 9.17) is 9.47 Å². The molecule has 0 heterocycles. The van der Waals surface area contributed by atoms with E-state index < -0.39 is 11.9 Å². The van der Waals surface area contributed by atoms with Crippen LogP contribution >= 0.6 is 45.2 Å². The van der Waals surface area contributed by atoms with Crippen LogP contribution in [0.25, 0.3) is 6.08 Å². The molecule has 0 radical (unpaired) electrons. The second kappa shape index (κ2) is 10.6. The lowest BCUT2D eigenvalue weighted by Crippen LogP contribution is -2.24. The summed E-state index contributed by atoms with van der Waals surface area (Å²) in [6.45, 7) is 3.93. The van der Waals surface area contributed by atoms with E-state index in [1.807, 2.05) is 31.2 Å². The molecule has 0 aliphatic rings. The summed E-state index contributed by atoms with van der Waals surface area (Å²) in [7, 11) is 0. The Hall–Kier alpha value is -1.82. The zero-order chi connectivity index (χ0) is 20.7. The highest BCUT2D eigenvalue weighted by atomic mass is 127. The molecule has 28 heavy (non-hydrogen) atoms. The van der Waals surface area contributed by atoms with Gasteiger partial charge in [0, 0.05) is 10.5 Å². The molecular formula is C20H19I2NO5. The third-order valence-corrected chi connectivity index (χ3v) is 4.93. The molecule has 0 atom stereocenters. The molecule has 0 aromatic heterocycles. The number of rotatable bonds is 8. The van der Waals surface area contributed by atoms with E-state index in [0.29, 0.717) is 30.3 Å². The lowest BCUT2D eigenvalue weighted by molar-refractivity contribution is -0.134. The summed E-state index contributed by atoms with van der Waals surface area (Å²) in [5.74, 6) is -0.568. The highest BCUT2D eigenvalue weighted by Gasteiger charge is 2.14. The van der Waals surface area contributed by atoms with E-state index in [0.717, 1.165) is 12.7 Å². The summed E-state index contributed by atoms with van der Waals surface area (Å²) in [4.78, 5) is 22.6. The van der Waals surface area contributed by atoms with Crippen molar-refractivity contribution in [1.29, 1.82) is 0 Å². The Bertz CT molecular complexity index is 911. The van der Waals surface area contributed by atoms with Crippen LogP contribution in [0, 0.1) is 7.14 Å². The number of carbonyl (C=O) groups excluding carboxylic acids is 1. The van der Waals surface area contributed by atoms with Crippen LogP contribution in [0.4, 0.5) is 0 Å². The number of amides is 1. The van der Waals surface area contributed by atoms with Gasteiger partial charge < -0.3 is 19.9 Å². The average Bonchev–Trinajstić information content (AvgIpc) is 2.60. The van der Waals surface area contributed by atoms with E-state index >= 15 is 0 Å². The topological polar surface area (TPSA) is 84.9 Å². The summed E-state index contributed by atoms with van der Waals surface area (Å²) in [6.07, 6.45) is 1.39. The molecule has 0 bridgehead atoms. The van der Waals surface area contributed by atoms with Gasteiger partial charge in [0.05, 0.1) is 10.2 Å². The molecule has 2 N–H and O–H groups in total. The molecule has 0 spiro atoms. The van der Waals surface area contributed by atoms with Crippen molar-refractivity contribution in [2.24, 2.45) is 0 Å². The molecule has 0 unspecified atom stereocenters. The van der Waals surface area contributed by atoms with Gasteiger partial charge in [-0.3, -0.25) is 4.79 Å². The summed E-state index contributed by atoms with van der Waals surface area (Å²) in [5, 5.41) is 11.6. The van der Waals surface area contributed by atoms with Crippen LogP contribution in [0.3, 0.4) is 0 Å². The minimum Gasteiger partial charge on any atom is -0.490 e. The Balaban J connectivity index is 2.34. The van der Waals surface area contributed by atoms with Gasteiger partial charge in [0.25, 0.3) is 0 Å². The summed E-state index contributed by atoms with van der Waals surface area (Å²) in [5.41, 5.74) is 1.41. The molecule has 148 valence electrons. The number of hydrogen-bond donors (Lipinski definition) is 2. The van der Waals surface area contributed by atoms with Crippen molar-refractivity contribution < 1.29 is 24.2 Å². The molecule has 1 amide bonds. The van der Waals surface area contributed by atoms with E-state index in [9.17, 15) is 14.7 Å². The summed E-state index contributed by atoms with van der Waals surface area (Å²) < 4.78 is 13.6. The molecule has 2 aromatic rings. The number of nitrogens with one attached hydrogen (secondary N) is 1. The monoisotopic (exact) mass is 607 g/mol. The predicted octanol–water partition coefficient (Wildman–Crippen LogP) is 4.44. The SMILES string of the molecule is CCOc1cc(C=C(NC(C)=O)C(=O)O)cc(I)c1OCc1cccc(I)c1. The van der Waals surface area contributed by atoms with Crippen molar-refractivity contribution in [2.75, 3.05) is 6.61 Å². The minimum atomic E-state index is -1.22. The second-order valence-electron chi connectivity index (χ2n) is 5.73. The van der Waals surface area contributed by atoms with E-state index in [1.54, 1.807) is 12.1 Å². The van der Waals surface area contributed by atoms with Gasteiger partial charge in [-0.05, 0) is 93.6 Å². The third kappa shape index (κ3) is 6.66. The Morgan fingerprint density at radius 1 is 1.18 bits per heavy atom. The maximum Gasteiger partial charge on any atom is 0.352 e. The van der Waals surface area contributed by atoms with Crippen LogP contribution < -0.4 is 14.8 Å². The Morgan fingerprint density at radius 3 is 2.54 bits per heavy atom. The number of ether oxygens (including phenoxy) is 2. The average molecular weight is 607 g/mol. The standard InChI is InChI=1S/C20H19I2NO5/c1-3-27-18-10-14(9-17(20(25)26)23-12(2)24)8-16(22)19(18)28-11-13-5-4-6-15(21)7-13/h4-10H,3,11H2,1-2H3,(H,23,24)(H,25,26). The lowest BCUT2D eigenvalue weighted by atomic mass is 10.1. The zero-order valence-corrected chi connectivity index (χ0v) is 19.6. The van der Waals surface area contributed by atoms with Crippen molar-refractivity contribution in [3.8, 4) is 11.5 Å². The van der Waals surface area contributed by atoms with E-state index in [1.165, 1.54) is 13.0 Å². The fourth-order valence-electron chi connectivity index (χ4n) is 2.36. The van der Waals surface area contributed by atoms with Gasteiger partial charge in [-0.25, -0.2) is 4.79 Å². The van der Waals surface area contributed by atoms with Crippen LogP contribution in [0.2, 0.25) is 0 Å². The Morgan fingerprint density at radius 2 is 1.93 bits per heavy atom. The summed E-state index contributed by atoms with van der Waals surface area (Å²) in [6, 6.07) is 11.5. The van der Waals surface area contributed by atoms with Gasteiger partial charge in [-0.2, -0.15) is 0 Å². The quantitative estimate of drug-likeness (QED) is 0.343. The van der Waals surface area contributed by atoms with Crippen LogP contribution in [0.1, 0.15) is 25.0 Å². The van der Waals surface area contributed by atoms with Crippen molar-refractivity contribution in [2.45, 2.75) is 20.5 Å². The number of hydrogen-bond acceptors (Lipinski definition) is 4. The molecule has 8 heteroatoms. The number of halogens is 2. The molecule has 0 fully saturated rings. The minimum absolute atomic E-state index is 0.210. The van der Waals surface area contributed by atoms with Gasteiger partial charge in [0.2, 0.25) is 5.91 Å². The molecule has 2 rings (SSSR count). The largest absolute Gasteiger partial charge is 0.490 e. The number of carboxylic acids is 1. The normalized spacial score (nSPS) is 11.1. The number of carboxylic acid groups (broad SMARTS) is 1. The van der Waals surface area contributed by atoms with Gasteiger partial charge in [0.1, 0.15) is 12.3 Å².